The maximum Gasteiger partial charge on any atom is 0.250 e. The molecule has 0 radical (unpaired) electrons. The van der Waals surface area contributed by atoms with Crippen molar-refractivity contribution in [2.45, 2.75) is 24.0 Å². The second-order valence-corrected chi connectivity index (χ2v) is 8.80. The number of carbonyl (C=O) groups is 1. The zero-order valence-corrected chi connectivity index (χ0v) is 17.9. The Morgan fingerprint density at radius 3 is 2.94 bits per heavy atom. The van der Waals surface area contributed by atoms with E-state index >= 15 is 0 Å². The molecule has 2 aliphatic rings. The molecule has 1 fully saturated rings. The molecule has 160 valence electrons. The molecule has 1 saturated heterocycles. The van der Waals surface area contributed by atoms with Crippen molar-refractivity contribution in [2.24, 2.45) is 5.92 Å². The fourth-order valence-corrected chi connectivity index (χ4v) is 5.28. The molecule has 0 saturated carbocycles. The Morgan fingerprint density at radius 1 is 1.19 bits per heavy atom. The average Bonchev–Trinajstić information content (AvgIpc) is 3.27. The minimum Gasteiger partial charge on any atom is -0.497 e. The van der Waals surface area contributed by atoms with Crippen LogP contribution in [-0.4, -0.2) is 61.5 Å². The molecule has 2 atom stereocenters. The molecule has 2 bridgehead atoms. The van der Waals surface area contributed by atoms with Crippen LogP contribution in [0.25, 0.3) is 5.69 Å². The van der Waals surface area contributed by atoms with Crippen molar-refractivity contribution in [3.8, 4) is 11.4 Å². The smallest absolute Gasteiger partial charge is 0.250 e. The van der Waals surface area contributed by atoms with Gasteiger partial charge in [0.15, 0.2) is 0 Å². The molecule has 2 aliphatic heterocycles. The van der Waals surface area contributed by atoms with Gasteiger partial charge < -0.3 is 14.2 Å². The average molecular weight is 439 g/mol. The van der Waals surface area contributed by atoms with Crippen LogP contribution >= 0.6 is 11.8 Å². The first kappa shape index (κ1) is 19.8. The third-order valence-electron chi connectivity index (χ3n) is 5.90. The van der Waals surface area contributed by atoms with Crippen LogP contribution in [-0.2, 0) is 11.3 Å². The van der Waals surface area contributed by atoms with E-state index in [1.54, 1.807) is 17.9 Å². The number of aromatic nitrogens is 5. The van der Waals surface area contributed by atoms with Crippen molar-refractivity contribution in [3.05, 3.63) is 58.5 Å². The Kier molecular flexibility index (Phi) is 5.23. The van der Waals surface area contributed by atoms with Crippen LogP contribution in [0.2, 0.25) is 0 Å². The van der Waals surface area contributed by atoms with E-state index in [4.69, 9.17) is 4.74 Å². The Hall–Kier alpha value is -3.14. The van der Waals surface area contributed by atoms with Gasteiger partial charge in [-0.2, -0.15) is 4.68 Å². The highest BCUT2D eigenvalue weighted by Crippen LogP contribution is 2.35. The van der Waals surface area contributed by atoms with E-state index in [1.807, 2.05) is 45.9 Å². The molecule has 10 heteroatoms. The summed E-state index contributed by atoms with van der Waals surface area (Å²) < 4.78 is 8.75. The highest BCUT2D eigenvalue weighted by Gasteiger charge is 2.36. The summed E-state index contributed by atoms with van der Waals surface area (Å²) in [5.41, 5.74) is 1.86. The van der Waals surface area contributed by atoms with Gasteiger partial charge in [0.05, 0.1) is 18.6 Å². The van der Waals surface area contributed by atoms with Crippen LogP contribution in [0.4, 0.5) is 0 Å². The number of ether oxygens (including phenoxy) is 1. The third kappa shape index (κ3) is 3.83. The van der Waals surface area contributed by atoms with Crippen LogP contribution in [0.5, 0.6) is 5.75 Å². The maximum absolute atomic E-state index is 13.0. The first-order valence-corrected chi connectivity index (χ1v) is 11.1. The fraction of sp³-hybridized carbons (Fsp3) is 0.381. The lowest BCUT2D eigenvalue weighted by Gasteiger charge is -2.42. The highest BCUT2D eigenvalue weighted by atomic mass is 32.2. The van der Waals surface area contributed by atoms with Gasteiger partial charge >= 0.3 is 0 Å². The molecule has 9 nitrogen and oxygen atoms in total. The predicted octanol–water partition coefficient (Wildman–Crippen LogP) is 1.57. The molecule has 3 aromatic rings. The largest absolute Gasteiger partial charge is 0.497 e. The normalized spacial score (nSPS) is 19.7. The lowest BCUT2D eigenvalue weighted by molar-refractivity contribution is -0.131. The van der Waals surface area contributed by atoms with Crippen molar-refractivity contribution in [1.82, 2.24) is 29.7 Å². The van der Waals surface area contributed by atoms with Gasteiger partial charge in [-0.25, -0.2) is 0 Å². The van der Waals surface area contributed by atoms with E-state index in [-0.39, 0.29) is 23.1 Å². The molecule has 1 amide bonds. The van der Waals surface area contributed by atoms with Gasteiger partial charge in [-0.15, -0.1) is 5.10 Å². The summed E-state index contributed by atoms with van der Waals surface area (Å²) in [6, 6.07) is 12.9. The molecule has 0 spiro atoms. The summed E-state index contributed by atoms with van der Waals surface area (Å²) >= 11 is 1.32. The number of pyridine rings is 1. The van der Waals surface area contributed by atoms with Crippen molar-refractivity contribution in [1.29, 1.82) is 0 Å². The number of hydrogen-bond acceptors (Lipinski definition) is 7. The maximum atomic E-state index is 13.0. The number of amides is 1. The van der Waals surface area contributed by atoms with Gasteiger partial charge in [0.25, 0.3) is 5.56 Å². The molecule has 5 rings (SSSR count). The zero-order valence-electron chi connectivity index (χ0n) is 17.0. The minimum atomic E-state index is 0.0481. The van der Waals surface area contributed by atoms with Gasteiger partial charge in [0.1, 0.15) is 5.75 Å². The van der Waals surface area contributed by atoms with Crippen molar-refractivity contribution < 1.29 is 9.53 Å². The van der Waals surface area contributed by atoms with Gasteiger partial charge in [-0.05, 0) is 41.0 Å². The predicted molar refractivity (Wildman–Crippen MR) is 115 cm³/mol. The molecular weight excluding hydrogens is 416 g/mol. The minimum absolute atomic E-state index is 0.0481. The van der Waals surface area contributed by atoms with Crippen molar-refractivity contribution in [3.63, 3.8) is 0 Å². The van der Waals surface area contributed by atoms with E-state index in [1.165, 1.54) is 11.8 Å². The molecule has 0 aliphatic carbocycles. The summed E-state index contributed by atoms with van der Waals surface area (Å²) in [6.07, 6.45) is 1.02. The summed E-state index contributed by atoms with van der Waals surface area (Å²) in [4.78, 5) is 27.1. The summed E-state index contributed by atoms with van der Waals surface area (Å²) in [5, 5.41) is 12.5. The van der Waals surface area contributed by atoms with E-state index < -0.39 is 0 Å². The third-order valence-corrected chi connectivity index (χ3v) is 6.80. The standard InChI is InChI=1S/C21H22N6O3S/c1-30-17-5-2-4-16(9-17)27-21(22-23-24-27)31-13-20(29)25-10-14-8-15(12-25)18-6-3-7-19(28)26(18)11-14/h2-7,9,14-15H,8,10-13H2,1H3. The van der Waals surface area contributed by atoms with Gasteiger partial charge in [-0.3, -0.25) is 9.59 Å². The number of hydrogen-bond donors (Lipinski definition) is 0. The van der Waals surface area contributed by atoms with E-state index in [9.17, 15) is 9.59 Å². The van der Waals surface area contributed by atoms with Crippen LogP contribution in [0.1, 0.15) is 18.0 Å². The van der Waals surface area contributed by atoms with Crippen LogP contribution in [0.3, 0.4) is 0 Å². The number of tetrazole rings is 1. The Labute approximate surface area is 183 Å². The molecule has 2 aromatic heterocycles. The molecule has 1 aromatic carbocycles. The number of fused-ring (bicyclic) bond motifs is 4. The number of thioether (sulfide) groups is 1. The van der Waals surface area contributed by atoms with Crippen LogP contribution in [0, 0.1) is 5.92 Å². The fourth-order valence-electron chi connectivity index (χ4n) is 4.49. The van der Waals surface area contributed by atoms with Gasteiger partial charge in [0, 0.05) is 43.4 Å². The van der Waals surface area contributed by atoms with E-state index in [0.29, 0.717) is 36.5 Å². The van der Waals surface area contributed by atoms with Crippen molar-refractivity contribution in [2.75, 3.05) is 26.0 Å². The lowest BCUT2D eigenvalue weighted by atomic mass is 9.83. The quantitative estimate of drug-likeness (QED) is 0.558. The Balaban J connectivity index is 1.27. The molecule has 31 heavy (non-hydrogen) atoms. The zero-order chi connectivity index (χ0) is 21.4. The molecule has 2 unspecified atom stereocenters. The topological polar surface area (TPSA) is 95.1 Å². The Bertz CT molecular complexity index is 1180. The number of methoxy groups -OCH3 is 1. The monoisotopic (exact) mass is 438 g/mol. The molecule has 0 N–H and O–H groups in total. The van der Waals surface area contributed by atoms with Gasteiger partial charge in [0.2, 0.25) is 11.1 Å². The lowest BCUT2D eigenvalue weighted by Crippen LogP contribution is -2.49. The number of likely N-dealkylation sites (tertiary alicyclic amines) is 1. The molecule has 4 heterocycles. The Morgan fingerprint density at radius 2 is 2.06 bits per heavy atom. The second kappa shape index (κ2) is 8.18. The summed E-state index contributed by atoms with van der Waals surface area (Å²) in [5.74, 6) is 1.54. The second-order valence-electron chi connectivity index (χ2n) is 7.86. The van der Waals surface area contributed by atoms with Crippen LogP contribution < -0.4 is 10.3 Å². The first-order chi connectivity index (χ1) is 15.1. The summed E-state index contributed by atoms with van der Waals surface area (Å²) in [6.45, 7) is 1.99. The SMILES string of the molecule is COc1cccc(-n2nnnc2SCC(=O)N2CC3CC(C2)c2cccc(=O)n2C3)c1. The van der Waals surface area contributed by atoms with Crippen LogP contribution in [0.15, 0.2) is 52.4 Å². The number of piperidine rings is 1. The van der Waals surface area contributed by atoms with Gasteiger partial charge in [-0.1, -0.05) is 23.9 Å². The van der Waals surface area contributed by atoms with Crippen molar-refractivity contribution >= 4 is 17.7 Å². The number of benzene rings is 1. The highest BCUT2D eigenvalue weighted by molar-refractivity contribution is 7.99. The number of carbonyl (C=O) groups excluding carboxylic acids is 1. The van der Waals surface area contributed by atoms with E-state index in [2.05, 4.69) is 15.5 Å². The number of rotatable bonds is 5. The molecular formula is C21H22N6O3S. The van der Waals surface area contributed by atoms with E-state index in [0.717, 1.165) is 17.8 Å². The summed E-state index contributed by atoms with van der Waals surface area (Å²) in [7, 11) is 1.61. The number of nitrogens with zero attached hydrogens (tertiary/aromatic N) is 6. The first-order valence-electron chi connectivity index (χ1n) is 10.2.